The molecule has 0 aliphatic carbocycles. The number of hydrogen-bond donors (Lipinski definition) is 1. The Morgan fingerprint density at radius 3 is 3.11 bits per heavy atom. The first-order valence-corrected chi connectivity index (χ1v) is 7.37. The number of hydrogen-bond acceptors (Lipinski definition) is 3. The van der Waals surface area contributed by atoms with Gasteiger partial charge in [0, 0.05) is 13.1 Å². The number of ether oxygens (including phenoxy) is 1. The number of methoxy groups -OCH3 is 1. The molecule has 3 nitrogen and oxygen atoms in total. The molecule has 0 spiro atoms. The Kier molecular flexibility index (Phi) is 5.67. The highest BCUT2D eigenvalue weighted by Crippen LogP contribution is 2.22. The SMILES string of the molecule is CCNCCC1CCN(Cc2cccc(OC)c2)C1. The molecule has 1 fully saturated rings. The smallest absolute Gasteiger partial charge is 0.119 e. The molecule has 1 saturated heterocycles. The Morgan fingerprint density at radius 2 is 2.32 bits per heavy atom. The van der Waals surface area contributed by atoms with Gasteiger partial charge < -0.3 is 10.1 Å². The van der Waals surface area contributed by atoms with E-state index in [1.807, 2.05) is 6.07 Å². The molecule has 0 saturated carbocycles. The second-order valence-electron chi connectivity index (χ2n) is 5.38. The molecule has 0 radical (unpaired) electrons. The number of benzene rings is 1. The largest absolute Gasteiger partial charge is 0.497 e. The second kappa shape index (κ2) is 7.51. The fraction of sp³-hybridized carbons (Fsp3) is 0.625. The highest BCUT2D eigenvalue weighted by Gasteiger charge is 2.21. The fourth-order valence-corrected chi connectivity index (χ4v) is 2.80. The monoisotopic (exact) mass is 262 g/mol. The molecule has 2 rings (SSSR count). The lowest BCUT2D eigenvalue weighted by Gasteiger charge is -2.16. The van der Waals surface area contributed by atoms with Gasteiger partial charge in [0.1, 0.15) is 5.75 Å². The van der Waals surface area contributed by atoms with E-state index >= 15 is 0 Å². The molecule has 19 heavy (non-hydrogen) atoms. The van der Waals surface area contributed by atoms with E-state index in [1.165, 1.54) is 31.5 Å². The molecular weight excluding hydrogens is 236 g/mol. The molecule has 106 valence electrons. The van der Waals surface area contributed by atoms with E-state index in [-0.39, 0.29) is 0 Å². The van der Waals surface area contributed by atoms with Crippen molar-refractivity contribution in [3.05, 3.63) is 29.8 Å². The van der Waals surface area contributed by atoms with Crippen LogP contribution in [0.15, 0.2) is 24.3 Å². The van der Waals surface area contributed by atoms with E-state index in [2.05, 4.69) is 35.3 Å². The van der Waals surface area contributed by atoms with Crippen LogP contribution < -0.4 is 10.1 Å². The van der Waals surface area contributed by atoms with Crippen molar-refractivity contribution in [3.8, 4) is 5.75 Å². The van der Waals surface area contributed by atoms with Gasteiger partial charge in [0.05, 0.1) is 7.11 Å². The van der Waals surface area contributed by atoms with E-state index in [1.54, 1.807) is 7.11 Å². The first kappa shape index (κ1) is 14.4. The lowest BCUT2D eigenvalue weighted by Crippen LogP contribution is -2.22. The van der Waals surface area contributed by atoms with Crippen LogP contribution in [0.4, 0.5) is 0 Å². The summed E-state index contributed by atoms with van der Waals surface area (Å²) in [6.07, 6.45) is 2.65. The molecule has 0 aromatic heterocycles. The Balaban J connectivity index is 1.77. The molecule has 3 heteroatoms. The Bertz CT molecular complexity index is 381. The zero-order valence-corrected chi connectivity index (χ0v) is 12.2. The molecule has 1 unspecified atom stereocenters. The summed E-state index contributed by atoms with van der Waals surface area (Å²) < 4.78 is 5.28. The first-order valence-electron chi connectivity index (χ1n) is 7.37. The van der Waals surface area contributed by atoms with Crippen LogP contribution in [0.25, 0.3) is 0 Å². The summed E-state index contributed by atoms with van der Waals surface area (Å²) in [7, 11) is 1.73. The highest BCUT2D eigenvalue weighted by atomic mass is 16.5. The van der Waals surface area contributed by atoms with Crippen LogP contribution in [0.5, 0.6) is 5.75 Å². The van der Waals surface area contributed by atoms with Crippen molar-refractivity contribution in [2.75, 3.05) is 33.3 Å². The molecule has 0 amide bonds. The van der Waals surface area contributed by atoms with Crippen LogP contribution in [0.1, 0.15) is 25.3 Å². The predicted octanol–water partition coefficient (Wildman–Crippen LogP) is 2.52. The summed E-state index contributed by atoms with van der Waals surface area (Å²) in [5.41, 5.74) is 1.35. The molecular formula is C16H26N2O. The van der Waals surface area contributed by atoms with Crippen molar-refractivity contribution in [1.29, 1.82) is 0 Å². The Labute approximate surface area is 116 Å². The van der Waals surface area contributed by atoms with Crippen LogP contribution in [0.3, 0.4) is 0 Å². The van der Waals surface area contributed by atoms with Crippen LogP contribution in [-0.4, -0.2) is 38.2 Å². The van der Waals surface area contributed by atoms with Crippen LogP contribution >= 0.6 is 0 Å². The highest BCUT2D eigenvalue weighted by molar-refractivity contribution is 5.28. The second-order valence-corrected chi connectivity index (χ2v) is 5.38. The van der Waals surface area contributed by atoms with E-state index in [0.717, 1.165) is 31.3 Å². The quantitative estimate of drug-likeness (QED) is 0.764. The molecule has 1 aliphatic heterocycles. The minimum atomic E-state index is 0.865. The minimum absolute atomic E-state index is 0.865. The van der Waals surface area contributed by atoms with Crippen molar-refractivity contribution < 1.29 is 4.74 Å². The number of nitrogens with zero attached hydrogens (tertiary/aromatic N) is 1. The summed E-state index contributed by atoms with van der Waals surface area (Å²) in [6, 6.07) is 8.42. The molecule has 1 atom stereocenters. The zero-order chi connectivity index (χ0) is 13.5. The Hall–Kier alpha value is -1.06. The number of rotatable bonds is 7. The molecule has 1 aromatic rings. The predicted molar refractivity (Wildman–Crippen MR) is 79.5 cm³/mol. The maximum absolute atomic E-state index is 5.28. The van der Waals surface area contributed by atoms with Crippen molar-refractivity contribution >= 4 is 0 Å². The molecule has 1 heterocycles. The first-order chi connectivity index (χ1) is 9.31. The van der Waals surface area contributed by atoms with Crippen molar-refractivity contribution in [1.82, 2.24) is 10.2 Å². The topological polar surface area (TPSA) is 24.5 Å². The van der Waals surface area contributed by atoms with E-state index in [4.69, 9.17) is 4.74 Å². The van der Waals surface area contributed by atoms with Gasteiger partial charge in [0.15, 0.2) is 0 Å². The summed E-state index contributed by atoms with van der Waals surface area (Å²) in [4.78, 5) is 2.56. The number of likely N-dealkylation sites (tertiary alicyclic amines) is 1. The summed E-state index contributed by atoms with van der Waals surface area (Å²) in [5.74, 6) is 1.82. The molecule has 0 bridgehead atoms. The zero-order valence-electron chi connectivity index (χ0n) is 12.2. The standard InChI is InChI=1S/C16H26N2O/c1-3-17-9-7-14-8-10-18(12-14)13-15-5-4-6-16(11-15)19-2/h4-6,11,14,17H,3,7-10,12-13H2,1-2H3. The van der Waals surface area contributed by atoms with Crippen LogP contribution in [0.2, 0.25) is 0 Å². The lowest BCUT2D eigenvalue weighted by atomic mass is 10.1. The maximum Gasteiger partial charge on any atom is 0.119 e. The van der Waals surface area contributed by atoms with Gasteiger partial charge in [-0.2, -0.15) is 0 Å². The Morgan fingerprint density at radius 1 is 1.42 bits per heavy atom. The summed E-state index contributed by atoms with van der Waals surface area (Å²) in [5, 5.41) is 3.42. The number of nitrogens with one attached hydrogen (secondary N) is 1. The maximum atomic E-state index is 5.28. The van der Waals surface area contributed by atoms with E-state index < -0.39 is 0 Å². The normalized spacial score (nSPS) is 19.8. The van der Waals surface area contributed by atoms with E-state index in [9.17, 15) is 0 Å². The van der Waals surface area contributed by atoms with Crippen LogP contribution in [-0.2, 0) is 6.54 Å². The third kappa shape index (κ3) is 4.51. The van der Waals surface area contributed by atoms with Crippen molar-refractivity contribution in [2.45, 2.75) is 26.3 Å². The summed E-state index contributed by atoms with van der Waals surface area (Å²) in [6.45, 7) is 7.93. The van der Waals surface area contributed by atoms with Crippen molar-refractivity contribution in [3.63, 3.8) is 0 Å². The van der Waals surface area contributed by atoms with Gasteiger partial charge in [-0.05, 0) is 56.1 Å². The minimum Gasteiger partial charge on any atom is -0.497 e. The van der Waals surface area contributed by atoms with Crippen LogP contribution in [0, 0.1) is 5.92 Å². The average molecular weight is 262 g/mol. The van der Waals surface area contributed by atoms with E-state index in [0.29, 0.717) is 0 Å². The third-order valence-corrected chi connectivity index (χ3v) is 3.89. The fourth-order valence-electron chi connectivity index (χ4n) is 2.80. The summed E-state index contributed by atoms with van der Waals surface area (Å²) >= 11 is 0. The molecule has 1 aliphatic rings. The lowest BCUT2D eigenvalue weighted by molar-refractivity contribution is 0.312. The van der Waals surface area contributed by atoms with Gasteiger partial charge in [-0.3, -0.25) is 4.90 Å². The van der Waals surface area contributed by atoms with Gasteiger partial charge in [0.25, 0.3) is 0 Å². The van der Waals surface area contributed by atoms with Gasteiger partial charge in [-0.1, -0.05) is 19.1 Å². The average Bonchev–Trinajstić information content (AvgIpc) is 2.87. The van der Waals surface area contributed by atoms with Gasteiger partial charge in [-0.15, -0.1) is 0 Å². The van der Waals surface area contributed by atoms with Gasteiger partial charge in [0.2, 0.25) is 0 Å². The van der Waals surface area contributed by atoms with Gasteiger partial charge >= 0.3 is 0 Å². The molecule has 1 aromatic carbocycles. The molecule has 1 N–H and O–H groups in total. The van der Waals surface area contributed by atoms with Gasteiger partial charge in [-0.25, -0.2) is 0 Å². The van der Waals surface area contributed by atoms with Crippen molar-refractivity contribution in [2.24, 2.45) is 5.92 Å². The third-order valence-electron chi connectivity index (χ3n) is 3.89.